The second-order valence-corrected chi connectivity index (χ2v) is 8.99. The second kappa shape index (κ2) is 6.37. The van der Waals surface area contributed by atoms with Gasteiger partial charge in [-0.3, -0.25) is 0 Å². The predicted octanol–water partition coefficient (Wildman–Crippen LogP) is 2.20. The number of hydrogen-bond acceptors (Lipinski definition) is 5. The van der Waals surface area contributed by atoms with Gasteiger partial charge in [0, 0.05) is 29.7 Å². The zero-order valence-electron chi connectivity index (χ0n) is 12.6. The van der Waals surface area contributed by atoms with Crippen molar-refractivity contribution < 1.29 is 4.74 Å². The largest absolute Gasteiger partial charge is 0.374 e. The van der Waals surface area contributed by atoms with Gasteiger partial charge in [-0.05, 0) is 57.2 Å². The highest BCUT2D eigenvalue weighted by Crippen LogP contribution is 2.41. The second-order valence-electron chi connectivity index (χ2n) is 6.61. The van der Waals surface area contributed by atoms with E-state index in [1.54, 1.807) is 0 Å². The van der Waals surface area contributed by atoms with Crippen molar-refractivity contribution in [2.24, 2.45) is 5.73 Å². The van der Waals surface area contributed by atoms with Gasteiger partial charge in [-0.15, -0.1) is 0 Å². The van der Waals surface area contributed by atoms with E-state index in [9.17, 15) is 0 Å². The van der Waals surface area contributed by atoms with E-state index in [1.807, 2.05) is 11.8 Å². The molecule has 0 aromatic heterocycles. The Morgan fingerprint density at radius 3 is 2.75 bits per heavy atom. The van der Waals surface area contributed by atoms with E-state index in [-0.39, 0.29) is 5.60 Å². The van der Waals surface area contributed by atoms with E-state index in [4.69, 9.17) is 10.5 Å². The van der Waals surface area contributed by atoms with Crippen LogP contribution in [0.4, 0.5) is 0 Å². The lowest BCUT2D eigenvalue weighted by molar-refractivity contribution is -0.0922. The molecule has 0 aliphatic carbocycles. The van der Waals surface area contributed by atoms with Gasteiger partial charge in [-0.1, -0.05) is 0 Å². The third kappa shape index (κ3) is 3.02. The summed E-state index contributed by atoms with van der Waals surface area (Å²) < 4.78 is 6.51. The monoisotopic (exact) mass is 316 g/mol. The number of piperidine rings is 1. The van der Waals surface area contributed by atoms with E-state index in [0.29, 0.717) is 4.75 Å². The fourth-order valence-electron chi connectivity index (χ4n) is 3.97. The molecule has 2 atom stereocenters. The first-order valence-corrected chi connectivity index (χ1v) is 10.3. The van der Waals surface area contributed by atoms with Crippen LogP contribution < -0.4 is 5.73 Å². The summed E-state index contributed by atoms with van der Waals surface area (Å²) in [6.45, 7) is 4.25. The van der Waals surface area contributed by atoms with Gasteiger partial charge < -0.3 is 15.4 Å². The summed E-state index contributed by atoms with van der Waals surface area (Å²) >= 11 is 4.05. The molecule has 1 spiro atoms. The molecule has 5 heteroatoms. The molecule has 3 aliphatic heterocycles. The molecule has 0 saturated carbocycles. The van der Waals surface area contributed by atoms with Gasteiger partial charge in [0.25, 0.3) is 0 Å². The van der Waals surface area contributed by atoms with Crippen LogP contribution in [0.15, 0.2) is 0 Å². The average molecular weight is 317 g/mol. The zero-order valence-corrected chi connectivity index (χ0v) is 14.2. The van der Waals surface area contributed by atoms with Gasteiger partial charge >= 0.3 is 0 Å². The van der Waals surface area contributed by atoms with Crippen molar-refractivity contribution in [1.29, 1.82) is 0 Å². The van der Waals surface area contributed by atoms with E-state index >= 15 is 0 Å². The van der Waals surface area contributed by atoms with Crippen LogP contribution in [0, 0.1) is 0 Å². The lowest BCUT2D eigenvalue weighted by Crippen LogP contribution is -2.54. The number of rotatable bonds is 3. The Balaban J connectivity index is 1.58. The highest BCUT2D eigenvalue weighted by molar-refractivity contribution is 8.00. The van der Waals surface area contributed by atoms with E-state index < -0.39 is 0 Å². The number of thioether (sulfide) groups is 2. The maximum absolute atomic E-state index is 6.16. The van der Waals surface area contributed by atoms with Crippen molar-refractivity contribution in [2.45, 2.75) is 48.5 Å². The Bertz CT molecular complexity index is 320. The molecular weight excluding hydrogens is 288 g/mol. The third-order valence-corrected chi connectivity index (χ3v) is 8.23. The van der Waals surface area contributed by atoms with E-state index in [2.05, 4.69) is 22.9 Å². The van der Waals surface area contributed by atoms with Crippen molar-refractivity contribution in [3.63, 3.8) is 0 Å². The minimum atomic E-state index is 0.218. The number of likely N-dealkylation sites (tertiary alicyclic amines) is 1. The molecule has 20 heavy (non-hydrogen) atoms. The summed E-state index contributed by atoms with van der Waals surface area (Å²) in [5.41, 5.74) is 6.22. The Morgan fingerprint density at radius 2 is 2.15 bits per heavy atom. The van der Waals surface area contributed by atoms with Crippen LogP contribution >= 0.6 is 23.5 Å². The fraction of sp³-hybridized carbons (Fsp3) is 1.00. The molecule has 3 aliphatic rings. The molecule has 3 saturated heterocycles. The minimum Gasteiger partial charge on any atom is -0.374 e. The molecule has 0 amide bonds. The van der Waals surface area contributed by atoms with Crippen LogP contribution in [0.3, 0.4) is 0 Å². The first-order valence-electron chi connectivity index (χ1n) is 7.92. The van der Waals surface area contributed by atoms with Crippen LogP contribution in [0.1, 0.15) is 32.1 Å². The molecule has 3 rings (SSSR count). The van der Waals surface area contributed by atoms with E-state index in [0.717, 1.165) is 19.2 Å². The summed E-state index contributed by atoms with van der Waals surface area (Å²) in [6, 6.07) is 0.750. The summed E-state index contributed by atoms with van der Waals surface area (Å²) in [4.78, 5) is 2.73. The standard InChI is InChI=1S/C15H28N2OS2/c1-19-15(11-16)3-6-17(7-4-15)13-2-8-18-14(10-13)5-9-20-12-14/h13H,2-12,16H2,1H3. The first kappa shape index (κ1) is 15.5. The average Bonchev–Trinajstić information content (AvgIpc) is 2.95. The highest BCUT2D eigenvalue weighted by Gasteiger charge is 2.43. The number of nitrogens with two attached hydrogens (primary N) is 1. The Kier molecular flexibility index (Phi) is 4.93. The van der Waals surface area contributed by atoms with Crippen LogP contribution in [0.25, 0.3) is 0 Å². The minimum absolute atomic E-state index is 0.218. The highest BCUT2D eigenvalue weighted by atomic mass is 32.2. The van der Waals surface area contributed by atoms with Crippen LogP contribution in [0.5, 0.6) is 0 Å². The van der Waals surface area contributed by atoms with Gasteiger partial charge in [0.2, 0.25) is 0 Å². The first-order chi connectivity index (χ1) is 9.71. The predicted molar refractivity (Wildman–Crippen MR) is 89.8 cm³/mol. The van der Waals surface area contributed by atoms with Gasteiger partial charge in [-0.2, -0.15) is 23.5 Å². The summed E-state index contributed by atoms with van der Waals surface area (Å²) in [5, 5.41) is 0. The molecule has 3 nitrogen and oxygen atoms in total. The molecule has 2 N–H and O–H groups in total. The molecule has 0 aromatic carbocycles. The number of hydrogen-bond donors (Lipinski definition) is 1. The normalized spacial score (nSPS) is 38.4. The van der Waals surface area contributed by atoms with E-state index in [1.165, 1.54) is 56.7 Å². The van der Waals surface area contributed by atoms with Crippen molar-refractivity contribution in [1.82, 2.24) is 4.90 Å². The molecule has 0 aromatic rings. The third-order valence-electron chi connectivity index (χ3n) is 5.56. The van der Waals surface area contributed by atoms with Crippen molar-refractivity contribution in [3.05, 3.63) is 0 Å². The number of ether oxygens (including phenoxy) is 1. The van der Waals surface area contributed by atoms with Crippen molar-refractivity contribution >= 4 is 23.5 Å². The lowest BCUT2D eigenvalue weighted by Gasteiger charge is -2.47. The van der Waals surface area contributed by atoms with Crippen LogP contribution in [-0.4, -0.2) is 65.3 Å². The SMILES string of the molecule is CSC1(CN)CCN(C2CCOC3(CCSC3)C2)CC1. The maximum Gasteiger partial charge on any atom is 0.0795 e. The Hall–Kier alpha value is 0.580. The molecular formula is C15H28N2OS2. The van der Waals surface area contributed by atoms with Crippen molar-refractivity contribution in [2.75, 3.05) is 44.0 Å². The summed E-state index contributed by atoms with van der Waals surface area (Å²) in [5.74, 6) is 2.50. The molecule has 3 fully saturated rings. The molecule has 0 bridgehead atoms. The van der Waals surface area contributed by atoms with Gasteiger partial charge in [0.15, 0.2) is 0 Å². The summed E-state index contributed by atoms with van der Waals surface area (Å²) in [6.07, 6.45) is 8.48. The quantitative estimate of drug-likeness (QED) is 0.864. The summed E-state index contributed by atoms with van der Waals surface area (Å²) in [7, 11) is 0. The maximum atomic E-state index is 6.16. The van der Waals surface area contributed by atoms with Gasteiger partial charge in [0.05, 0.1) is 5.60 Å². The topological polar surface area (TPSA) is 38.5 Å². The molecule has 116 valence electrons. The Labute approximate surface area is 131 Å². The molecule has 3 heterocycles. The molecule has 0 radical (unpaired) electrons. The van der Waals surface area contributed by atoms with Gasteiger partial charge in [0.1, 0.15) is 0 Å². The number of nitrogens with zero attached hydrogens (tertiary/aromatic N) is 1. The zero-order chi connectivity index (χ0) is 14.1. The van der Waals surface area contributed by atoms with Gasteiger partial charge in [-0.25, -0.2) is 0 Å². The van der Waals surface area contributed by atoms with Crippen molar-refractivity contribution in [3.8, 4) is 0 Å². The van der Waals surface area contributed by atoms with Crippen LogP contribution in [-0.2, 0) is 4.74 Å². The van der Waals surface area contributed by atoms with Crippen LogP contribution in [0.2, 0.25) is 0 Å². The fourth-order valence-corrected chi connectivity index (χ4v) is 6.10. The Morgan fingerprint density at radius 1 is 1.35 bits per heavy atom. The smallest absolute Gasteiger partial charge is 0.0795 e. The lowest BCUT2D eigenvalue weighted by atomic mass is 9.87. The molecule has 2 unspecified atom stereocenters.